The maximum atomic E-state index is 5.93. The Labute approximate surface area is 114 Å². The van der Waals surface area contributed by atoms with Crippen molar-refractivity contribution in [2.75, 3.05) is 12.8 Å². The van der Waals surface area contributed by atoms with Gasteiger partial charge in [0, 0.05) is 6.20 Å². The fraction of sp³-hybridized carbons (Fsp3) is 0.250. The summed E-state index contributed by atoms with van der Waals surface area (Å²) in [6, 6.07) is 0. The first kappa shape index (κ1) is 12.3. The molecule has 0 atom stereocenters. The van der Waals surface area contributed by atoms with Gasteiger partial charge in [-0.05, 0) is 6.92 Å². The Balaban J connectivity index is 2.07. The number of imidazole rings is 1. The van der Waals surface area contributed by atoms with Crippen molar-refractivity contribution in [3.63, 3.8) is 0 Å². The molecule has 3 aromatic rings. The lowest BCUT2D eigenvalue weighted by Crippen LogP contribution is -2.07. The summed E-state index contributed by atoms with van der Waals surface area (Å²) in [4.78, 5) is 21.0. The molecule has 0 saturated carbocycles. The van der Waals surface area contributed by atoms with Crippen LogP contribution in [0.25, 0.3) is 11.2 Å². The lowest BCUT2D eigenvalue weighted by atomic mass is 10.4. The lowest BCUT2D eigenvalue weighted by Gasteiger charge is -2.05. The number of anilines is 1. The maximum Gasteiger partial charge on any atom is 0.245 e. The van der Waals surface area contributed by atoms with E-state index in [9.17, 15) is 0 Å². The van der Waals surface area contributed by atoms with E-state index in [4.69, 9.17) is 10.5 Å². The molecule has 0 aliphatic rings. The van der Waals surface area contributed by atoms with E-state index in [0.29, 0.717) is 29.5 Å². The van der Waals surface area contributed by atoms with Crippen molar-refractivity contribution in [1.29, 1.82) is 0 Å². The minimum Gasteiger partial charge on any atom is -0.479 e. The predicted molar refractivity (Wildman–Crippen MR) is 72.2 cm³/mol. The second-order valence-corrected chi connectivity index (χ2v) is 4.26. The number of aryl methyl sites for hydroxylation is 1. The van der Waals surface area contributed by atoms with Crippen LogP contribution in [0, 0.1) is 6.92 Å². The maximum absolute atomic E-state index is 5.93. The standard InChI is InChI=1S/C12H13N7O/c1-7-3-15-8(4-14-7)5-19-10-9(18-12(19)13)11(20-2)17-6-16-10/h3-4,6H,5H2,1-2H3,(H2,13,18). The van der Waals surface area contributed by atoms with Crippen LogP contribution >= 0.6 is 0 Å². The van der Waals surface area contributed by atoms with Crippen LogP contribution in [0.3, 0.4) is 0 Å². The molecule has 3 heterocycles. The van der Waals surface area contributed by atoms with Crippen molar-refractivity contribution in [1.82, 2.24) is 29.5 Å². The minimum atomic E-state index is 0.334. The summed E-state index contributed by atoms with van der Waals surface area (Å²) in [5, 5.41) is 0. The van der Waals surface area contributed by atoms with E-state index in [1.165, 1.54) is 13.4 Å². The van der Waals surface area contributed by atoms with E-state index in [2.05, 4.69) is 24.9 Å². The van der Waals surface area contributed by atoms with Gasteiger partial charge in [-0.1, -0.05) is 0 Å². The molecule has 0 spiro atoms. The van der Waals surface area contributed by atoms with E-state index < -0.39 is 0 Å². The molecule has 102 valence electrons. The second-order valence-electron chi connectivity index (χ2n) is 4.26. The molecule has 0 bridgehead atoms. The Hall–Kier alpha value is -2.77. The summed E-state index contributed by atoms with van der Waals surface area (Å²) in [5.41, 5.74) is 8.72. The van der Waals surface area contributed by atoms with Crippen molar-refractivity contribution in [2.45, 2.75) is 13.5 Å². The zero-order valence-corrected chi connectivity index (χ0v) is 11.1. The monoisotopic (exact) mass is 271 g/mol. The Kier molecular flexibility index (Phi) is 2.90. The highest BCUT2D eigenvalue weighted by molar-refractivity contribution is 5.78. The second kappa shape index (κ2) is 4.72. The van der Waals surface area contributed by atoms with Gasteiger partial charge in [-0.3, -0.25) is 14.5 Å². The number of nitrogens with zero attached hydrogens (tertiary/aromatic N) is 6. The number of fused-ring (bicyclic) bond motifs is 1. The highest BCUT2D eigenvalue weighted by Gasteiger charge is 2.15. The van der Waals surface area contributed by atoms with Gasteiger partial charge in [0.05, 0.1) is 31.2 Å². The van der Waals surface area contributed by atoms with Crippen LogP contribution in [0.2, 0.25) is 0 Å². The van der Waals surface area contributed by atoms with Gasteiger partial charge in [-0.25, -0.2) is 9.97 Å². The minimum absolute atomic E-state index is 0.334. The Morgan fingerprint density at radius 1 is 1.20 bits per heavy atom. The van der Waals surface area contributed by atoms with Crippen molar-refractivity contribution in [3.8, 4) is 5.88 Å². The fourth-order valence-electron chi connectivity index (χ4n) is 1.90. The molecule has 0 radical (unpaired) electrons. The Morgan fingerprint density at radius 2 is 2.05 bits per heavy atom. The number of aromatic nitrogens is 6. The van der Waals surface area contributed by atoms with E-state index in [-0.39, 0.29) is 0 Å². The van der Waals surface area contributed by atoms with Gasteiger partial charge in [-0.15, -0.1) is 0 Å². The molecule has 20 heavy (non-hydrogen) atoms. The van der Waals surface area contributed by atoms with Gasteiger partial charge < -0.3 is 10.5 Å². The van der Waals surface area contributed by atoms with Gasteiger partial charge >= 0.3 is 0 Å². The van der Waals surface area contributed by atoms with Crippen molar-refractivity contribution in [2.24, 2.45) is 0 Å². The molecule has 0 amide bonds. The zero-order chi connectivity index (χ0) is 14.1. The number of ether oxygens (including phenoxy) is 1. The van der Waals surface area contributed by atoms with Crippen LogP contribution < -0.4 is 10.5 Å². The van der Waals surface area contributed by atoms with Crippen LogP contribution in [0.15, 0.2) is 18.7 Å². The van der Waals surface area contributed by atoms with Crippen molar-refractivity contribution < 1.29 is 4.74 Å². The highest BCUT2D eigenvalue weighted by Crippen LogP contribution is 2.23. The molecule has 3 aromatic heterocycles. The summed E-state index contributed by atoms with van der Waals surface area (Å²) < 4.78 is 6.90. The molecule has 0 aliphatic heterocycles. The van der Waals surface area contributed by atoms with Crippen LogP contribution in [0.4, 0.5) is 5.95 Å². The first-order valence-electron chi connectivity index (χ1n) is 5.97. The molecular formula is C12H13N7O. The quantitative estimate of drug-likeness (QED) is 0.742. The van der Waals surface area contributed by atoms with Gasteiger partial charge in [0.25, 0.3) is 0 Å². The number of nitrogen functional groups attached to an aromatic ring is 1. The Bertz CT molecular complexity index is 750. The zero-order valence-electron chi connectivity index (χ0n) is 11.1. The van der Waals surface area contributed by atoms with E-state index in [1.54, 1.807) is 17.0 Å². The van der Waals surface area contributed by atoms with E-state index in [0.717, 1.165) is 11.4 Å². The fourth-order valence-corrected chi connectivity index (χ4v) is 1.90. The van der Waals surface area contributed by atoms with Crippen molar-refractivity contribution >= 4 is 17.1 Å². The number of nitrogens with two attached hydrogens (primary N) is 1. The topological polar surface area (TPSA) is 105 Å². The summed E-state index contributed by atoms with van der Waals surface area (Å²) in [6.07, 6.45) is 4.83. The number of methoxy groups -OCH3 is 1. The molecule has 0 unspecified atom stereocenters. The normalized spacial score (nSPS) is 10.9. The summed E-state index contributed by atoms with van der Waals surface area (Å²) >= 11 is 0. The van der Waals surface area contributed by atoms with Crippen molar-refractivity contribution in [3.05, 3.63) is 30.1 Å². The molecule has 8 nitrogen and oxygen atoms in total. The molecule has 0 aliphatic carbocycles. The summed E-state index contributed by atoms with van der Waals surface area (Å²) in [5.74, 6) is 0.733. The van der Waals surface area contributed by atoms with Crippen LogP contribution in [0.5, 0.6) is 5.88 Å². The van der Waals surface area contributed by atoms with Gasteiger partial charge in [0.1, 0.15) is 6.33 Å². The molecule has 2 N–H and O–H groups in total. The average molecular weight is 271 g/mol. The summed E-state index contributed by atoms with van der Waals surface area (Å²) in [6.45, 7) is 2.33. The SMILES string of the molecule is COc1ncnc2c1nc(N)n2Cc1cnc(C)cn1. The van der Waals surface area contributed by atoms with E-state index >= 15 is 0 Å². The number of rotatable bonds is 3. The number of hydrogen-bond donors (Lipinski definition) is 1. The smallest absolute Gasteiger partial charge is 0.245 e. The molecule has 0 saturated heterocycles. The summed E-state index contributed by atoms with van der Waals surface area (Å²) in [7, 11) is 1.53. The first-order valence-corrected chi connectivity index (χ1v) is 5.97. The highest BCUT2D eigenvalue weighted by atomic mass is 16.5. The lowest BCUT2D eigenvalue weighted by molar-refractivity contribution is 0.401. The van der Waals surface area contributed by atoms with E-state index in [1.807, 2.05) is 6.92 Å². The van der Waals surface area contributed by atoms with Crippen LogP contribution in [-0.2, 0) is 6.54 Å². The van der Waals surface area contributed by atoms with Gasteiger partial charge in [0.15, 0.2) is 11.2 Å². The van der Waals surface area contributed by atoms with Crippen LogP contribution in [-0.4, -0.2) is 36.6 Å². The largest absolute Gasteiger partial charge is 0.479 e. The third-order valence-electron chi connectivity index (χ3n) is 2.88. The third-order valence-corrected chi connectivity index (χ3v) is 2.88. The predicted octanol–water partition coefficient (Wildman–Crippen LogP) is 0.564. The molecule has 0 aromatic carbocycles. The molecular weight excluding hydrogens is 258 g/mol. The first-order chi connectivity index (χ1) is 9.69. The van der Waals surface area contributed by atoms with Gasteiger partial charge in [-0.2, -0.15) is 4.98 Å². The molecule has 3 rings (SSSR count). The van der Waals surface area contributed by atoms with Gasteiger partial charge in [0.2, 0.25) is 11.8 Å². The van der Waals surface area contributed by atoms with Crippen LogP contribution in [0.1, 0.15) is 11.4 Å². The molecule has 0 fully saturated rings. The third kappa shape index (κ3) is 2.00. The average Bonchev–Trinajstić information content (AvgIpc) is 2.77. The molecule has 8 heteroatoms. The Morgan fingerprint density at radius 3 is 2.75 bits per heavy atom. The number of hydrogen-bond acceptors (Lipinski definition) is 7.